The highest BCUT2D eigenvalue weighted by atomic mass is 32.2. The second-order valence-corrected chi connectivity index (χ2v) is 9.43. The molecule has 2 heterocycles. The number of anilines is 2. The number of fused-ring (bicyclic) bond motifs is 2. The van der Waals surface area contributed by atoms with E-state index in [1.54, 1.807) is 23.1 Å². The number of sulfone groups is 1. The molecule has 3 aliphatic rings. The Bertz CT molecular complexity index is 1120. The molecule has 2 aromatic rings. The van der Waals surface area contributed by atoms with Crippen LogP contribution in [0.5, 0.6) is 0 Å². The van der Waals surface area contributed by atoms with E-state index in [4.69, 9.17) is 4.74 Å². The molecule has 0 saturated carbocycles. The van der Waals surface area contributed by atoms with Gasteiger partial charge in [-0.3, -0.25) is 4.79 Å². The maximum Gasteiger partial charge on any atom is 0.267 e. The molecule has 0 bridgehead atoms. The van der Waals surface area contributed by atoms with Crippen molar-refractivity contribution in [2.75, 3.05) is 31.2 Å². The Balaban J connectivity index is 1.63. The summed E-state index contributed by atoms with van der Waals surface area (Å²) < 4.78 is 31.9. The Morgan fingerprint density at radius 3 is 2.55 bits per heavy atom. The van der Waals surface area contributed by atoms with Crippen LogP contribution in [0.1, 0.15) is 17.5 Å². The fraction of sp³-hybridized carbons (Fsp3) is 0.318. The summed E-state index contributed by atoms with van der Waals surface area (Å²) in [6.45, 7) is 1.63. The maximum atomic E-state index is 13.3. The van der Waals surface area contributed by atoms with Crippen LogP contribution in [0.2, 0.25) is 0 Å². The van der Waals surface area contributed by atoms with Crippen molar-refractivity contribution in [1.29, 1.82) is 0 Å². The van der Waals surface area contributed by atoms with Gasteiger partial charge in [-0.05, 0) is 54.7 Å². The number of hydrogen-bond donors (Lipinski definition) is 0. The van der Waals surface area contributed by atoms with E-state index in [-0.39, 0.29) is 9.80 Å². The van der Waals surface area contributed by atoms with Gasteiger partial charge in [0, 0.05) is 25.0 Å². The van der Waals surface area contributed by atoms with Crippen molar-refractivity contribution in [1.82, 2.24) is 4.90 Å². The number of hydrogen-bond acceptors (Lipinski definition) is 5. The summed E-state index contributed by atoms with van der Waals surface area (Å²) in [5.41, 5.74) is 4.09. The van der Waals surface area contributed by atoms with Gasteiger partial charge >= 0.3 is 0 Å². The van der Waals surface area contributed by atoms with Gasteiger partial charge in [0.25, 0.3) is 5.91 Å². The maximum absolute atomic E-state index is 13.3. The van der Waals surface area contributed by atoms with Crippen LogP contribution in [0.25, 0.3) is 0 Å². The highest BCUT2D eigenvalue weighted by Crippen LogP contribution is 2.41. The first-order valence-corrected chi connectivity index (χ1v) is 11.4. The zero-order chi connectivity index (χ0) is 20.0. The average Bonchev–Trinajstić information content (AvgIpc) is 3.22. The summed E-state index contributed by atoms with van der Waals surface area (Å²) in [5, 5.41) is 0. The lowest BCUT2D eigenvalue weighted by atomic mass is 10.1. The van der Waals surface area contributed by atoms with Gasteiger partial charge in [0.2, 0.25) is 9.84 Å². The monoisotopic (exact) mass is 410 g/mol. The molecular weight excluding hydrogens is 388 g/mol. The molecule has 1 saturated heterocycles. The van der Waals surface area contributed by atoms with Crippen molar-refractivity contribution in [3.8, 4) is 0 Å². The second kappa shape index (κ2) is 7.00. The van der Waals surface area contributed by atoms with Crippen molar-refractivity contribution in [3.05, 3.63) is 64.7 Å². The number of carbonyl (C=O) groups excluding carboxylic acids is 1. The fourth-order valence-corrected chi connectivity index (χ4v) is 5.81. The quantitative estimate of drug-likeness (QED) is 0.762. The van der Waals surface area contributed by atoms with E-state index < -0.39 is 15.7 Å². The predicted molar refractivity (Wildman–Crippen MR) is 110 cm³/mol. The topological polar surface area (TPSA) is 66.9 Å². The molecule has 150 valence electrons. The van der Waals surface area contributed by atoms with Gasteiger partial charge in [-0.25, -0.2) is 8.42 Å². The molecule has 7 heteroatoms. The van der Waals surface area contributed by atoms with Crippen molar-refractivity contribution in [2.24, 2.45) is 0 Å². The van der Waals surface area contributed by atoms with Gasteiger partial charge in [0.1, 0.15) is 0 Å². The summed E-state index contributed by atoms with van der Waals surface area (Å²) in [6, 6.07) is 13.1. The third-order valence-corrected chi connectivity index (χ3v) is 7.60. The molecule has 2 aliphatic heterocycles. The highest BCUT2D eigenvalue weighted by Gasteiger charge is 2.38. The lowest BCUT2D eigenvalue weighted by Crippen LogP contribution is -2.43. The molecule has 0 unspecified atom stereocenters. The summed E-state index contributed by atoms with van der Waals surface area (Å²) in [6.07, 6.45) is 4.74. The van der Waals surface area contributed by atoms with Gasteiger partial charge < -0.3 is 14.5 Å². The van der Waals surface area contributed by atoms with E-state index in [1.807, 2.05) is 17.0 Å². The molecule has 1 fully saturated rings. The Morgan fingerprint density at radius 1 is 0.966 bits per heavy atom. The van der Waals surface area contributed by atoms with Crippen LogP contribution in [0.3, 0.4) is 0 Å². The minimum absolute atomic E-state index is 0.166. The van der Waals surface area contributed by atoms with E-state index in [0.717, 1.165) is 24.9 Å². The van der Waals surface area contributed by atoms with Crippen molar-refractivity contribution in [2.45, 2.75) is 24.2 Å². The fourth-order valence-electron chi connectivity index (χ4n) is 4.27. The Kier molecular flexibility index (Phi) is 4.44. The highest BCUT2D eigenvalue weighted by molar-refractivity contribution is 7.96. The lowest BCUT2D eigenvalue weighted by Gasteiger charge is -2.32. The zero-order valence-electron chi connectivity index (χ0n) is 16.0. The molecule has 0 atom stereocenters. The number of nitrogens with zero attached hydrogens (tertiary/aromatic N) is 2. The molecule has 0 spiro atoms. The number of carbonyl (C=O) groups is 1. The van der Waals surface area contributed by atoms with Gasteiger partial charge in [-0.1, -0.05) is 18.2 Å². The Labute approximate surface area is 170 Å². The van der Waals surface area contributed by atoms with Crippen LogP contribution in [-0.4, -0.2) is 45.5 Å². The molecule has 6 nitrogen and oxygen atoms in total. The van der Waals surface area contributed by atoms with E-state index in [1.165, 1.54) is 17.3 Å². The molecule has 5 rings (SSSR count). The van der Waals surface area contributed by atoms with Crippen molar-refractivity contribution >= 4 is 27.1 Å². The first-order chi connectivity index (χ1) is 14.1. The molecule has 2 aromatic carbocycles. The largest absolute Gasteiger partial charge is 0.378 e. The predicted octanol–water partition coefficient (Wildman–Crippen LogP) is 2.80. The summed E-state index contributed by atoms with van der Waals surface area (Å²) >= 11 is 0. The molecule has 0 aromatic heterocycles. The summed E-state index contributed by atoms with van der Waals surface area (Å²) in [5.74, 6) is -0.464. The Morgan fingerprint density at radius 2 is 1.72 bits per heavy atom. The van der Waals surface area contributed by atoms with Crippen LogP contribution in [0.4, 0.5) is 11.4 Å². The number of aryl methyl sites for hydroxylation is 2. The van der Waals surface area contributed by atoms with Gasteiger partial charge in [-0.2, -0.15) is 0 Å². The number of ether oxygens (including phenoxy) is 1. The number of amides is 1. The van der Waals surface area contributed by atoms with Crippen LogP contribution in [0, 0.1) is 0 Å². The SMILES string of the molecule is O=C(C1=CN(c2ccc3c(c2)CCC3)c2ccccc2S1(=O)=O)N1CCOCC1. The number of para-hydroxylation sites is 1. The smallest absolute Gasteiger partial charge is 0.267 e. The van der Waals surface area contributed by atoms with Crippen LogP contribution >= 0.6 is 0 Å². The van der Waals surface area contributed by atoms with Gasteiger partial charge in [-0.15, -0.1) is 0 Å². The van der Waals surface area contributed by atoms with Gasteiger partial charge in [0.15, 0.2) is 4.91 Å². The molecule has 1 aliphatic carbocycles. The summed E-state index contributed by atoms with van der Waals surface area (Å²) in [7, 11) is -3.90. The molecule has 29 heavy (non-hydrogen) atoms. The van der Waals surface area contributed by atoms with E-state index in [2.05, 4.69) is 12.1 Å². The standard InChI is InChI=1S/C22H22N2O4S/c25-22(23-10-12-28-13-11-23)21-15-24(18-9-8-16-4-3-5-17(16)14-18)19-6-1-2-7-20(19)29(21,26)27/h1-2,6-9,14-15H,3-5,10-13H2. The van der Waals surface area contributed by atoms with Crippen LogP contribution < -0.4 is 4.90 Å². The number of benzene rings is 2. The minimum atomic E-state index is -3.90. The third kappa shape index (κ3) is 3.05. The minimum Gasteiger partial charge on any atom is -0.378 e. The van der Waals surface area contributed by atoms with Crippen molar-refractivity contribution < 1.29 is 17.9 Å². The van der Waals surface area contributed by atoms with Gasteiger partial charge in [0.05, 0.1) is 23.8 Å². The molecule has 0 N–H and O–H groups in total. The first-order valence-electron chi connectivity index (χ1n) is 9.90. The Hall–Kier alpha value is -2.64. The normalized spacial score (nSPS) is 20.1. The summed E-state index contributed by atoms with van der Waals surface area (Å²) in [4.78, 5) is 16.5. The average molecular weight is 410 g/mol. The number of rotatable bonds is 2. The third-order valence-electron chi connectivity index (χ3n) is 5.82. The molecule has 0 radical (unpaired) electrons. The molecular formula is C22H22N2O4S. The lowest BCUT2D eigenvalue weighted by molar-refractivity contribution is -0.130. The van der Waals surface area contributed by atoms with Crippen LogP contribution in [-0.2, 0) is 32.2 Å². The molecule has 1 amide bonds. The first kappa shape index (κ1) is 18.4. The second-order valence-electron chi connectivity index (χ2n) is 7.55. The zero-order valence-corrected chi connectivity index (χ0v) is 16.8. The number of morpholine rings is 1. The van der Waals surface area contributed by atoms with Crippen LogP contribution in [0.15, 0.2) is 58.5 Å². The van der Waals surface area contributed by atoms with E-state index in [0.29, 0.717) is 32.0 Å². The van der Waals surface area contributed by atoms with E-state index >= 15 is 0 Å². The van der Waals surface area contributed by atoms with E-state index in [9.17, 15) is 13.2 Å². The van der Waals surface area contributed by atoms with Crippen molar-refractivity contribution in [3.63, 3.8) is 0 Å².